The monoisotopic (exact) mass is 380 g/mol. The van der Waals surface area contributed by atoms with Gasteiger partial charge in [-0.3, -0.25) is 0 Å². The van der Waals surface area contributed by atoms with Gasteiger partial charge in [-0.15, -0.1) is 0 Å². The van der Waals surface area contributed by atoms with E-state index in [1.165, 1.54) is 0 Å². The largest absolute Gasteiger partial charge is 0.478 e. The number of aromatic carboxylic acids is 1. The Morgan fingerprint density at radius 1 is 1.20 bits per heavy atom. The van der Waals surface area contributed by atoms with E-state index in [0.717, 1.165) is 5.56 Å². The molecule has 0 saturated carbocycles. The molecule has 1 fully saturated rings. The summed E-state index contributed by atoms with van der Waals surface area (Å²) in [6, 6.07) is 10.8. The van der Waals surface area contributed by atoms with Crippen molar-refractivity contribution in [1.82, 2.24) is 0 Å². The number of rotatable bonds is 5. The van der Waals surface area contributed by atoms with Crippen molar-refractivity contribution in [2.75, 3.05) is 36.5 Å². The summed E-state index contributed by atoms with van der Waals surface area (Å²) in [6.45, 7) is 3.03. The Hall–Kier alpha value is -1.95. The number of anilines is 2. The summed E-state index contributed by atoms with van der Waals surface area (Å²) in [6.07, 6.45) is 0. The topological polar surface area (TPSA) is 61.8 Å². The smallest absolute Gasteiger partial charge is 0.337 e. The fraction of sp³-hybridized carbons (Fsp3) is 0.278. The number of hydrogen-bond donors (Lipinski definition) is 2. The average molecular weight is 381 g/mol. The van der Waals surface area contributed by atoms with Crippen molar-refractivity contribution >= 4 is 40.5 Å². The lowest BCUT2D eigenvalue weighted by Gasteiger charge is -2.30. The van der Waals surface area contributed by atoms with Crippen LogP contribution < -0.4 is 10.2 Å². The fourth-order valence-corrected chi connectivity index (χ4v) is 3.17. The van der Waals surface area contributed by atoms with Gasteiger partial charge in [0.15, 0.2) is 0 Å². The first kappa shape index (κ1) is 17.9. The van der Waals surface area contributed by atoms with E-state index in [1.54, 1.807) is 12.1 Å². The van der Waals surface area contributed by atoms with Crippen LogP contribution in [-0.4, -0.2) is 37.4 Å². The Kier molecular flexibility index (Phi) is 5.68. The molecule has 1 heterocycles. The van der Waals surface area contributed by atoms with Crippen LogP contribution in [-0.2, 0) is 11.3 Å². The van der Waals surface area contributed by atoms with Gasteiger partial charge in [-0.05, 0) is 29.8 Å². The molecule has 25 heavy (non-hydrogen) atoms. The van der Waals surface area contributed by atoms with Gasteiger partial charge < -0.3 is 20.1 Å². The third-order valence-electron chi connectivity index (χ3n) is 4.09. The maximum Gasteiger partial charge on any atom is 0.337 e. The first-order valence-electron chi connectivity index (χ1n) is 7.93. The quantitative estimate of drug-likeness (QED) is 0.815. The SMILES string of the molecule is O=C(O)c1cc(NCc2cccc(Cl)c2Cl)ccc1N1CCOCC1. The van der Waals surface area contributed by atoms with Gasteiger partial charge in [0.05, 0.1) is 34.5 Å². The molecule has 0 spiro atoms. The maximum atomic E-state index is 11.7. The lowest BCUT2D eigenvalue weighted by atomic mass is 10.1. The van der Waals surface area contributed by atoms with E-state index in [2.05, 4.69) is 5.32 Å². The minimum Gasteiger partial charge on any atom is -0.478 e. The van der Waals surface area contributed by atoms with Crippen LogP contribution in [0.4, 0.5) is 11.4 Å². The van der Waals surface area contributed by atoms with Gasteiger partial charge in [-0.2, -0.15) is 0 Å². The van der Waals surface area contributed by atoms with Crippen molar-refractivity contribution in [3.63, 3.8) is 0 Å². The van der Waals surface area contributed by atoms with E-state index in [4.69, 9.17) is 27.9 Å². The van der Waals surface area contributed by atoms with Gasteiger partial charge >= 0.3 is 5.97 Å². The molecule has 2 aromatic rings. The molecule has 0 radical (unpaired) electrons. The molecule has 5 nitrogen and oxygen atoms in total. The fourth-order valence-electron chi connectivity index (χ4n) is 2.78. The normalized spacial score (nSPS) is 14.4. The van der Waals surface area contributed by atoms with Crippen molar-refractivity contribution < 1.29 is 14.6 Å². The highest BCUT2D eigenvalue weighted by Gasteiger charge is 2.19. The molecule has 0 atom stereocenters. The summed E-state index contributed by atoms with van der Waals surface area (Å²) in [5, 5.41) is 13.8. The number of halogens is 2. The molecule has 2 N–H and O–H groups in total. The molecule has 0 aromatic heterocycles. The molecule has 0 unspecified atom stereocenters. The molecule has 3 rings (SSSR count). The lowest BCUT2D eigenvalue weighted by Crippen LogP contribution is -2.37. The predicted octanol–water partition coefficient (Wildman–Crippen LogP) is 4.14. The van der Waals surface area contributed by atoms with E-state index < -0.39 is 5.97 Å². The number of nitrogens with one attached hydrogen (secondary N) is 1. The molecule has 0 aliphatic carbocycles. The second kappa shape index (κ2) is 7.95. The third kappa shape index (κ3) is 4.18. The van der Waals surface area contributed by atoms with Crippen LogP contribution in [0.15, 0.2) is 36.4 Å². The van der Waals surface area contributed by atoms with E-state index in [-0.39, 0.29) is 5.56 Å². The molecule has 1 aliphatic rings. The summed E-state index contributed by atoms with van der Waals surface area (Å²) in [4.78, 5) is 13.7. The zero-order valence-electron chi connectivity index (χ0n) is 13.5. The van der Waals surface area contributed by atoms with Crippen molar-refractivity contribution in [1.29, 1.82) is 0 Å². The first-order valence-corrected chi connectivity index (χ1v) is 8.68. The Bertz CT molecular complexity index is 777. The van der Waals surface area contributed by atoms with Crippen LogP contribution >= 0.6 is 23.2 Å². The zero-order chi connectivity index (χ0) is 17.8. The molecule has 1 aliphatic heterocycles. The summed E-state index contributed by atoms with van der Waals surface area (Å²) in [5.74, 6) is -0.953. The summed E-state index contributed by atoms with van der Waals surface area (Å²) < 4.78 is 5.33. The number of nitrogens with zero attached hydrogens (tertiary/aromatic N) is 1. The highest BCUT2D eigenvalue weighted by molar-refractivity contribution is 6.42. The van der Waals surface area contributed by atoms with Gasteiger partial charge in [-0.25, -0.2) is 4.79 Å². The number of hydrogen-bond acceptors (Lipinski definition) is 4. The molecule has 0 amide bonds. The third-order valence-corrected chi connectivity index (χ3v) is 4.95. The maximum absolute atomic E-state index is 11.7. The van der Waals surface area contributed by atoms with E-state index in [0.29, 0.717) is 54.3 Å². The van der Waals surface area contributed by atoms with Crippen LogP contribution in [0.1, 0.15) is 15.9 Å². The Balaban J connectivity index is 1.79. The number of ether oxygens (including phenoxy) is 1. The minimum atomic E-state index is -0.953. The Morgan fingerprint density at radius 3 is 2.68 bits per heavy atom. The second-order valence-corrected chi connectivity index (χ2v) is 6.49. The molecule has 1 saturated heterocycles. The number of morpholine rings is 1. The predicted molar refractivity (Wildman–Crippen MR) is 100 cm³/mol. The molecule has 0 bridgehead atoms. The van der Waals surface area contributed by atoms with Crippen molar-refractivity contribution in [3.8, 4) is 0 Å². The van der Waals surface area contributed by atoms with Crippen molar-refractivity contribution in [3.05, 3.63) is 57.6 Å². The van der Waals surface area contributed by atoms with Gasteiger partial charge in [0.2, 0.25) is 0 Å². The van der Waals surface area contributed by atoms with Crippen LogP contribution in [0.25, 0.3) is 0 Å². The number of carboxylic acid groups (broad SMARTS) is 1. The summed E-state index contributed by atoms with van der Waals surface area (Å²) in [7, 11) is 0. The number of carboxylic acids is 1. The standard InChI is InChI=1S/C18H18Cl2N2O3/c19-15-3-1-2-12(17(15)20)11-21-13-4-5-16(14(10-13)18(23)24)22-6-8-25-9-7-22/h1-5,10,21H,6-9,11H2,(H,23,24). The van der Waals surface area contributed by atoms with Crippen LogP contribution in [0.2, 0.25) is 10.0 Å². The van der Waals surface area contributed by atoms with Crippen LogP contribution in [0.5, 0.6) is 0 Å². The van der Waals surface area contributed by atoms with Gasteiger partial charge in [0, 0.05) is 25.3 Å². The second-order valence-electron chi connectivity index (χ2n) is 5.70. The van der Waals surface area contributed by atoms with Gasteiger partial charge in [0.25, 0.3) is 0 Å². The molecular weight excluding hydrogens is 363 g/mol. The highest BCUT2D eigenvalue weighted by Crippen LogP contribution is 2.28. The van der Waals surface area contributed by atoms with Crippen LogP contribution in [0.3, 0.4) is 0 Å². The molecule has 132 valence electrons. The number of benzene rings is 2. The Labute approximate surface area is 156 Å². The lowest BCUT2D eigenvalue weighted by molar-refractivity contribution is 0.0696. The van der Waals surface area contributed by atoms with Crippen molar-refractivity contribution in [2.24, 2.45) is 0 Å². The number of carbonyl (C=O) groups is 1. The molecule has 2 aromatic carbocycles. The van der Waals surface area contributed by atoms with E-state index in [1.807, 2.05) is 29.2 Å². The first-order chi connectivity index (χ1) is 12.1. The van der Waals surface area contributed by atoms with Gasteiger partial charge in [-0.1, -0.05) is 35.3 Å². The van der Waals surface area contributed by atoms with Crippen molar-refractivity contribution in [2.45, 2.75) is 6.54 Å². The summed E-state index contributed by atoms with van der Waals surface area (Å²) >= 11 is 12.2. The zero-order valence-corrected chi connectivity index (χ0v) is 15.0. The highest BCUT2D eigenvalue weighted by atomic mass is 35.5. The van der Waals surface area contributed by atoms with E-state index in [9.17, 15) is 9.90 Å². The summed E-state index contributed by atoms with van der Waals surface area (Å²) in [5.41, 5.74) is 2.54. The minimum absolute atomic E-state index is 0.268. The average Bonchev–Trinajstić information content (AvgIpc) is 2.63. The van der Waals surface area contributed by atoms with E-state index >= 15 is 0 Å². The Morgan fingerprint density at radius 2 is 1.96 bits per heavy atom. The van der Waals surface area contributed by atoms with Gasteiger partial charge in [0.1, 0.15) is 0 Å². The van der Waals surface area contributed by atoms with Crippen LogP contribution in [0, 0.1) is 0 Å². The molecule has 7 heteroatoms. The molecular formula is C18H18Cl2N2O3.